The number of hydrogen-bond donors (Lipinski definition) is 0. The second-order valence-electron chi connectivity index (χ2n) is 10.2. The Hall–Kier alpha value is -4.43. The second-order valence-corrected chi connectivity index (χ2v) is 10.2. The van der Waals surface area contributed by atoms with Crippen LogP contribution in [-0.2, 0) is 0 Å². The Morgan fingerprint density at radius 2 is 0.868 bits per heavy atom. The van der Waals surface area contributed by atoms with Gasteiger partial charge in [0, 0.05) is 46.9 Å². The van der Waals surface area contributed by atoms with Crippen LogP contribution in [0.2, 0.25) is 0 Å². The third-order valence-corrected chi connectivity index (χ3v) is 7.09. The summed E-state index contributed by atoms with van der Waals surface area (Å²) in [7, 11) is 0. The molecule has 0 aliphatic carbocycles. The molecule has 0 aromatic heterocycles. The van der Waals surface area contributed by atoms with Gasteiger partial charge in [0.15, 0.2) is 6.21 Å². The average molecular weight is 496 g/mol. The molecule has 2 heteroatoms. The lowest BCUT2D eigenvalue weighted by atomic mass is 10.1. The van der Waals surface area contributed by atoms with Crippen LogP contribution in [0.15, 0.2) is 115 Å². The topological polar surface area (TPSA) is 6.25 Å². The highest BCUT2D eigenvalue weighted by atomic mass is 15.1. The van der Waals surface area contributed by atoms with Crippen molar-refractivity contribution in [1.29, 1.82) is 0 Å². The Morgan fingerprint density at radius 3 is 1.34 bits per heavy atom. The molecule has 0 heterocycles. The molecule has 0 bridgehead atoms. The number of nitrogens with zero attached hydrogens (tertiary/aromatic N) is 2. The van der Waals surface area contributed by atoms with Crippen LogP contribution in [0.25, 0.3) is 0 Å². The minimum absolute atomic E-state index is 1.13. The highest BCUT2D eigenvalue weighted by Crippen LogP contribution is 2.35. The second kappa shape index (κ2) is 10.9. The maximum Gasteiger partial charge on any atom is 0.211 e. The molecule has 188 valence electrons. The zero-order valence-corrected chi connectivity index (χ0v) is 22.9. The van der Waals surface area contributed by atoms with Crippen molar-refractivity contribution >= 4 is 34.7 Å². The maximum atomic E-state index is 2.33. The van der Waals surface area contributed by atoms with Gasteiger partial charge < -0.3 is 4.90 Å². The summed E-state index contributed by atoms with van der Waals surface area (Å²) >= 11 is 0. The number of aryl methyl sites for hydroxylation is 5. The van der Waals surface area contributed by atoms with E-state index in [9.17, 15) is 0 Å². The fourth-order valence-corrected chi connectivity index (χ4v) is 4.57. The number of benzene rings is 5. The van der Waals surface area contributed by atoms with Gasteiger partial charge in [-0.2, -0.15) is 4.58 Å². The summed E-state index contributed by atoms with van der Waals surface area (Å²) in [5.74, 6) is 0. The molecule has 0 saturated carbocycles. The van der Waals surface area contributed by atoms with Crippen LogP contribution in [0.5, 0.6) is 0 Å². The predicted molar refractivity (Wildman–Crippen MR) is 164 cm³/mol. The van der Waals surface area contributed by atoms with Gasteiger partial charge in [-0.25, -0.2) is 0 Å². The highest BCUT2D eigenvalue weighted by Gasteiger charge is 2.16. The average Bonchev–Trinajstić information content (AvgIpc) is 2.92. The Labute approximate surface area is 227 Å². The Kier molecular flexibility index (Phi) is 7.24. The summed E-state index contributed by atoms with van der Waals surface area (Å²) in [5, 5.41) is 0. The normalized spacial score (nSPS) is 10.8. The Morgan fingerprint density at radius 1 is 0.447 bits per heavy atom. The zero-order valence-electron chi connectivity index (χ0n) is 22.9. The first kappa shape index (κ1) is 25.2. The molecular weight excluding hydrogens is 460 g/mol. The van der Waals surface area contributed by atoms with E-state index in [4.69, 9.17) is 0 Å². The van der Waals surface area contributed by atoms with Gasteiger partial charge in [-0.1, -0.05) is 59.2 Å². The summed E-state index contributed by atoms with van der Waals surface area (Å²) in [4.78, 5) is 2.33. The fourth-order valence-electron chi connectivity index (χ4n) is 4.57. The van der Waals surface area contributed by atoms with E-state index >= 15 is 0 Å². The molecule has 0 atom stereocenters. The molecule has 0 fully saturated rings. The molecule has 0 spiro atoms. The van der Waals surface area contributed by atoms with Gasteiger partial charge in [-0.15, -0.1) is 0 Å². The lowest BCUT2D eigenvalue weighted by Gasteiger charge is -2.26. The summed E-state index contributed by atoms with van der Waals surface area (Å²) < 4.78 is 2.26. The van der Waals surface area contributed by atoms with E-state index in [2.05, 4.69) is 166 Å². The van der Waals surface area contributed by atoms with E-state index in [1.54, 1.807) is 0 Å². The molecule has 0 radical (unpaired) electrons. The fraction of sp³-hybridized carbons (Fsp3) is 0.139. The van der Waals surface area contributed by atoms with E-state index in [0.29, 0.717) is 0 Å². The SMILES string of the molecule is Cc1ccc(N(c2ccc(C=[N+](c3ccc(C)cc3)c3ccc(C)cc3)cc2)c2ccc(C)c(C)c2)cc1. The van der Waals surface area contributed by atoms with Crippen LogP contribution in [0, 0.1) is 34.6 Å². The van der Waals surface area contributed by atoms with E-state index in [1.807, 2.05) is 0 Å². The molecule has 0 aliphatic rings. The van der Waals surface area contributed by atoms with Crippen molar-refractivity contribution in [3.8, 4) is 0 Å². The quantitative estimate of drug-likeness (QED) is 0.168. The number of rotatable bonds is 6. The van der Waals surface area contributed by atoms with Gasteiger partial charge in [0.25, 0.3) is 0 Å². The molecular formula is C36H35N2+. The highest BCUT2D eigenvalue weighted by molar-refractivity contribution is 5.87. The van der Waals surface area contributed by atoms with Crippen molar-refractivity contribution in [3.63, 3.8) is 0 Å². The van der Waals surface area contributed by atoms with E-state index in [0.717, 1.165) is 34.0 Å². The first-order valence-electron chi connectivity index (χ1n) is 13.2. The summed E-state index contributed by atoms with van der Waals surface area (Å²) in [6.07, 6.45) is 2.21. The van der Waals surface area contributed by atoms with Crippen LogP contribution >= 0.6 is 0 Å². The van der Waals surface area contributed by atoms with Gasteiger partial charge in [-0.05, 0) is 94.3 Å². The van der Waals surface area contributed by atoms with E-state index < -0.39 is 0 Å². The number of anilines is 3. The van der Waals surface area contributed by atoms with E-state index in [1.165, 1.54) is 27.8 Å². The smallest absolute Gasteiger partial charge is 0.211 e. The molecule has 0 amide bonds. The number of hydrogen-bond acceptors (Lipinski definition) is 1. The van der Waals surface area contributed by atoms with Gasteiger partial charge >= 0.3 is 0 Å². The summed E-state index contributed by atoms with van der Waals surface area (Å²) in [6.45, 7) is 10.7. The summed E-state index contributed by atoms with van der Waals surface area (Å²) in [6, 6.07) is 41.6. The van der Waals surface area contributed by atoms with Crippen LogP contribution in [0.4, 0.5) is 28.4 Å². The molecule has 0 unspecified atom stereocenters. The van der Waals surface area contributed by atoms with Crippen molar-refractivity contribution < 1.29 is 0 Å². The van der Waals surface area contributed by atoms with E-state index in [-0.39, 0.29) is 0 Å². The van der Waals surface area contributed by atoms with Gasteiger partial charge in [-0.3, -0.25) is 0 Å². The van der Waals surface area contributed by atoms with Gasteiger partial charge in [0.1, 0.15) is 0 Å². The molecule has 5 aromatic rings. The summed E-state index contributed by atoms with van der Waals surface area (Å²) in [5.41, 5.74) is 13.2. The maximum absolute atomic E-state index is 2.33. The van der Waals surface area contributed by atoms with Crippen LogP contribution in [0.1, 0.15) is 33.4 Å². The molecule has 5 aromatic carbocycles. The molecule has 0 aliphatic heterocycles. The minimum atomic E-state index is 1.13. The molecule has 2 nitrogen and oxygen atoms in total. The van der Waals surface area contributed by atoms with Crippen molar-refractivity contribution in [2.75, 3.05) is 4.90 Å². The van der Waals surface area contributed by atoms with Crippen LogP contribution in [-0.4, -0.2) is 6.21 Å². The van der Waals surface area contributed by atoms with Crippen molar-refractivity contribution in [2.24, 2.45) is 0 Å². The molecule has 0 saturated heterocycles. The minimum Gasteiger partial charge on any atom is -0.310 e. The zero-order chi connectivity index (χ0) is 26.6. The monoisotopic (exact) mass is 495 g/mol. The van der Waals surface area contributed by atoms with Crippen molar-refractivity contribution in [3.05, 3.63) is 149 Å². The predicted octanol–water partition coefficient (Wildman–Crippen LogP) is 9.65. The van der Waals surface area contributed by atoms with Gasteiger partial charge in [0.05, 0.1) is 0 Å². The first-order valence-corrected chi connectivity index (χ1v) is 13.2. The lowest BCUT2D eigenvalue weighted by molar-refractivity contribution is 1.09. The van der Waals surface area contributed by atoms with Crippen molar-refractivity contribution in [1.82, 2.24) is 4.58 Å². The third-order valence-electron chi connectivity index (χ3n) is 7.09. The van der Waals surface area contributed by atoms with Crippen LogP contribution < -0.4 is 9.48 Å². The largest absolute Gasteiger partial charge is 0.310 e. The molecule has 38 heavy (non-hydrogen) atoms. The Bertz CT molecular complexity index is 1510. The molecule has 5 rings (SSSR count). The lowest BCUT2D eigenvalue weighted by Crippen LogP contribution is -2.11. The first-order chi connectivity index (χ1) is 18.4. The van der Waals surface area contributed by atoms with Crippen LogP contribution in [0.3, 0.4) is 0 Å². The molecule has 0 N–H and O–H groups in total. The van der Waals surface area contributed by atoms with Gasteiger partial charge in [0.2, 0.25) is 11.4 Å². The van der Waals surface area contributed by atoms with Crippen molar-refractivity contribution in [2.45, 2.75) is 34.6 Å². The standard InChI is InChI=1S/C36H35N2/c1-26-6-15-32(16-7-26)37(33-17-8-27(2)9-18-33)25-31-13-22-35(23-14-31)38(34-19-10-28(3)11-20-34)36-21-12-29(4)30(5)24-36/h6-25H,1-5H3/q+1. The third kappa shape index (κ3) is 5.60. The Balaban J connectivity index is 1.56.